The topological polar surface area (TPSA) is 76.0 Å². The van der Waals surface area contributed by atoms with E-state index >= 15 is 0 Å². The van der Waals surface area contributed by atoms with Gasteiger partial charge in [0.15, 0.2) is 0 Å². The van der Waals surface area contributed by atoms with E-state index in [-0.39, 0.29) is 12.5 Å². The molecule has 6 nitrogen and oxygen atoms in total. The lowest BCUT2D eigenvalue weighted by Crippen LogP contribution is -2.36. The number of imidazole rings is 1. The Morgan fingerprint density at radius 2 is 1.72 bits per heavy atom. The Morgan fingerprint density at radius 3 is 2.41 bits per heavy atom. The lowest BCUT2D eigenvalue weighted by atomic mass is 10.2. The molecule has 1 atom stereocenters. The van der Waals surface area contributed by atoms with E-state index in [0.29, 0.717) is 22.4 Å². The molecule has 2 aromatic carbocycles. The summed E-state index contributed by atoms with van der Waals surface area (Å²) in [5, 5.41) is 4.67. The molecule has 29 heavy (non-hydrogen) atoms. The van der Waals surface area contributed by atoms with Crippen LogP contribution in [0.1, 0.15) is 29.1 Å². The van der Waals surface area contributed by atoms with Crippen molar-refractivity contribution in [3.05, 3.63) is 66.0 Å². The summed E-state index contributed by atoms with van der Waals surface area (Å²) in [7, 11) is 0. The maximum Gasteiger partial charge on any atom is 0.405 e. The van der Waals surface area contributed by atoms with Crippen LogP contribution in [0.4, 0.5) is 13.2 Å². The van der Waals surface area contributed by atoms with Crippen LogP contribution in [-0.4, -0.2) is 34.1 Å². The first kappa shape index (κ1) is 20.4. The average Bonchev–Trinajstić information content (AvgIpc) is 3.05. The minimum Gasteiger partial charge on any atom is -0.345 e. The number of hydrogen-bond donors (Lipinski definition) is 2. The average molecular weight is 404 g/mol. The van der Waals surface area contributed by atoms with E-state index in [1.807, 2.05) is 5.32 Å². The Labute approximate surface area is 164 Å². The summed E-state index contributed by atoms with van der Waals surface area (Å²) in [6.45, 7) is -0.0578. The second-order valence-electron chi connectivity index (χ2n) is 6.50. The van der Waals surface area contributed by atoms with E-state index in [0.717, 1.165) is 0 Å². The van der Waals surface area contributed by atoms with Gasteiger partial charge in [-0.2, -0.15) is 13.2 Å². The number of nitrogens with one attached hydrogen (secondary N) is 2. The number of carbonyl (C=O) groups is 2. The van der Waals surface area contributed by atoms with Gasteiger partial charge in [-0.3, -0.25) is 9.59 Å². The Morgan fingerprint density at radius 1 is 1.07 bits per heavy atom. The normalized spacial score (nSPS) is 12.6. The Hall–Kier alpha value is -3.36. The van der Waals surface area contributed by atoms with Crippen molar-refractivity contribution in [3.63, 3.8) is 0 Å². The zero-order chi connectivity index (χ0) is 21.0. The van der Waals surface area contributed by atoms with Crippen LogP contribution in [0.2, 0.25) is 0 Å². The van der Waals surface area contributed by atoms with E-state index in [2.05, 4.69) is 10.3 Å². The number of carbonyl (C=O) groups excluding carboxylic acids is 2. The first-order chi connectivity index (χ1) is 13.7. The molecular weight excluding hydrogens is 385 g/mol. The van der Waals surface area contributed by atoms with Crippen LogP contribution in [0.3, 0.4) is 0 Å². The Bertz CT molecular complexity index is 1020. The second kappa shape index (κ2) is 8.34. The molecule has 1 aromatic heterocycles. The van der Waals surface area contributed by atoms with E-state index in [1.165, 1.54) is 4.57 Å². The Kier molecular flexibility index (Phi) is 5.86. The standard InChI is InChI=1S/C20H19F3N4O2/c1-13(25-19(29)14-7-3-2-4-8-14)18-26-15-9-5-6-10-16(15)27(18)11-17(28)24-12-20(21,22)23/h2-10,13H,11-12H2,1H3,(H,24,28)(H,25,29)/t13-/m0/s1. The molecule has 0 saturated carbocycles. The van der Waals surface area contributed by atoms with Gasteiger partial charge in [-0.15, -0.1) is 0 Å². The maximum atomic E-state index is 12.4. The van der Waals surface area contributed by atoms with E-state index in [1.54, 1.807) is 61.5 Å². The molecule has 0 fully saturated rings. The molecule has 9 heteroatoms. The highest BCUT2D eigenvalue weighted by molar-refractivity contribution is 5.94. The lowest BCUT2D eigenvalue weighted by molar-refractivity contribution is -0.138. The van der Waals surface area contributed by atoms with Gasteiger partial charge in [0, 0.05) is 5.56 Å². The Balaban J connectivity index is 1.84. The highest BCUT2D eigenvalue weighted by atomic mass is 19.4. The molecule has 0 spiro atoms. The molecule has 0 aliphatic rings. The number of amides is 2. The number of halogens is 3. The number of aromatic nitrogens is 2. The number of alkyl halides is 3. The molecular formula is C20H19F3N4O2. The number of fused-ring (bicyclic) bond motifs is 1. The molecule has 2 amide bonds. The van der Waals surface area contributed by atoms with Crippen molar-refractivity contribution in [1.29, 1.82) is 0 Å². The van der Waals surface area contributed by atoms with Gasteiger partial charge >= 0.3 is 6.18 Å². The van der Waals surface area contributed by atoms with Crippen molar-refractivity contribution in [1.82, 2.24) is 20.2 Å². The van der Waals surface area contributed by atoms with Gasteiger partial charge in [0.2, 0.25) is 5.91 Å². The van der Waals surface area contributed by atoms with Crippen molar-refractivity contribution in [2.75, 3.05) is 6.54 Å². The number of para-hydroxylation sites is 2. The molecule has 152 valence electrons. The third-order valence-electron chi connectivity index (χ3n) is 4.24. The van der Waals surface area contributed by atoms with Gasteiger partial charge in [0.25, 0.3) is 5.91 Å². The fourth-order valence-corrected chi connectivity index (χ4v) is 2.92. The smallest absolute Gasteiger partial charge is 0.345 e. The van der Waals surface area contributed by atoms with E-state index < -0.39 is 24.7 Å². The summed E-state index contributed by atoms with van der Waals surface area (Å²) in [4.78, 5) is 29.0. The van der Waals surface area contributed by atoms with E-state index in [9.17, 15) is 22.8 Å². The third-order valence-corrected chi connectivity index (χ3v) is 4.24. The first-order valence-corrected chi connectivity index (χ1v) is 8.89. The number of hydrogen-bond acceptors (Lipinski definition) is 3. The van der Waals surface area contributed by atoms with Crippen LogP contribution < -0.4 is 10.6 Å². The summed E-state index contributed by atoms with van der Waals surface area (Å²) < 4.78 is 38.6. The summed E-state index contributed by atoms with van der Waals surface area (Å²) in [6.07, 6.45) is -4.49. The van der Waals surface area contributed by atoms with Crippen molar-refractivity contribution >= 4 is 22.8 Å². The summed E-state index contributed by atoms with van der Waals surface area (Å²) in [5.74, 6) is -0.746. The lowest BCUT2D eigenvalue weighted by Gasteiger charge is -2.16. The minimum absolute atomic E-state index is 0.321. The quantitative estimate of drug-likeness (QED) is 0.663. The van der Waals surface area contributed by atoms with Crippen molar-refractivity contribution in [2.45, 2.75) is 25.7 Å². The predicted molar refractivity (Wildman–Crippen MR) is 101 cm³/mol. The summed E-state index contributed by atoms with van der Waals surface area (Å²) in [6, 6.07) is 15.0. The zero-order valence-corrected chi connectivity index (χ0v) is 15.5. The molecule has 3 aromatic rings. The van der Waals surface area contributed by atoms with E-state index in [4.69, 9.17) is 0 Å². The monoisotopic (exact) mass is 404 g/mol. The van der Waals surface area contributed by atoms with Crippen LogP contribution in [-0.2, 0) is 11.3 Å². The molecule has 0 aliphatic heterocycles. The summed E-state index contributed by atoms with van der Waals surface area (Å²) in [5.41, 5.74) is 1.63. The SMILES string of the molecule is C[C@H](NC(=O)c1ccccc1)c1nc2ccccc2n1CC(=O)NCC(F)(F)F. The van der Waals surface area contributed by atoms with Gasteiger partial charge in [-0.05, 0) is 31.2 Å². The van der Waals surface area contributed by atoms with Crippen LogP contribution >= 0.6 is 0 Å². The van der Waals surface area contributed by atoms with Gasteiger partial charge < -0.3 is 15.2 Å². The van der Waals surface area contributed by atoms with Crippen LogP contribution in [0, 0.1) is 0 Å². The van der Waals surface area contributed by atoms with Crippen molar-refractivity contribution < 1.29 is 22.8 Å². The molecule has 3 rings (SSSR count). The second-order valence-corrected chi connectivity index (χ2v) is 6.50. The van der Waals surface area contributed by atoms with Crippen LogP contribution in [0.5, 0.6) is 0 Å². The van der Waals surface area contributed by atoms with Crippen molar-refractivity contribution in [3.8, 4) is 0 Å². The number of nitrogens with zero attached hydrogens (tertiary/aromatic N) is 2. The molecule has 0 bridgehead atoms. The fraction of sp³-hybridized carbons (Fsp3) is 0.250. The number of benzene rings is 2. The van der Waals surface area contributed by atoms with Gasteiger partial charge in [0.1, 0.15) is 18.9 Å². The maximum absolute atomic E-state index is 12.4. The van der Waals surface area contributed by atoms with Crippen LogP contribution in [0.15, 0.2) is 54.6 Å². The highest BCUT2D eigenvalue weighted by Crippen LogP contribution is 2.21. The van der Waals surface area contributed by atoms with Gasteiger partial charge in [-0.25, -0.2) is 4.98 Å². The zero-order valence-electron chi connectivity index (χ0n) is 15.5. The molecule has 0 radical (unpaired) electrons. The number of rotatable bonds is 6. The van der Waals surface area contributed by atoms with Crippen LogP contribution in [0.25, 0.3) is 11.0 Å². The molecule has 0 unspecified atom stereocenters. The fourth-order valence-electron chi connectivity index (χ4n) is 2.92. The summed E-state index contributed by atoms with van der Waals surface area (Å²) >= 11 is 0. The van der Waals surface area contributed by atoms with Crippen molar-refractivity contribution in [2.24, 2.45) is 0 Å². The third kappa shape index (κ3) is 5.13. The highest BCUT2D eigenvalue weighted by Gasteiger charge is 2.28. The van der Waals surface area contributed by atoms with Gasteiger partial charge in [0.05, 0.1) is 17.1 Å². The molecule has 1 heterocycles. The molecule has 0 saturated heterocycles. The largest absolute Gasteiger partial charge is 0.405 e. The minimum atomic E-state index is -4.49. The molecule has 2 N–H and O–H groups in total. The molecule has 0 aliphatic carbocycles. The first-order valence-electron chi connectivity index (χ1n) is 8.89. The van der Waals surface area contributed by atoms with Gasteiger partial charge in [-0.1, -0.05) is 30.3 Å². The predicted octanol–water partition coefficient (Wildman–Crippen LogP) is 3.21.